The van der Waals surface area contributed by atoms with E-state index in [0.717, 1.165) is 27.8 Å². The summed E-state index contributed by atoms with van der Waals surface area (Å²) in [6.07, 6.45) is 0.325. The molecule has 0 aliphatic carbocycles. The molecule has 1 aromatic carbocycles. The van der Waals surface area contributed by atoms with Gasteiger partial charge in [-0.1, -0.05) is 12.1 Å². The molecule has 5 nitrogen and oxygen atoms in total. The second kappa shape index (κ2) is 7.98. The third-order valence-electron chi connectivity index (χ3n) is 3.59. The molecule has 2 aromatic heterocycles. The molecule has 3 rings (SSSR count). The standard InChI is InChI=1S/C19H20N2O3S/c1-3-23-15-6-4-14(5-7-15)10-19(22)20-11-16-8-9-18(24-16)17-12-25-13(2)21-17/h4-9,12H,3,10-11H2,1-2H3,(H,20,22). The van der Waals surface area contributed by atoms with Gasteiger partial charge in [0, 0.05) is 5.38 Å². The van der Waals surface area contributed by atoms with E-state index in [0.29, 0.717) is 25.3 Å². The smallest absolute Gasteiger partial charge is 0.224 e. The number of furan rings is 1. The van der Waals surface area contributed by atoms with Crippen molar-refractivity contribution < 1.29 is 13.9 Å². The van der Waals surface area contributed by atoms with Crippen LogP contribution in [0.4, 0.5) is 0 Å². The van der Waals surface area contributed by atoms with Crippen LogP contribution >= 0.6 is 11.3 Å². The molecule has 3 aromatic rings. The van der Waals surface area contributed by atoms with E-state index in [1.165, 1.54) is 0 Å². The number of rotatable bonds is 7. The van der Waals surface area contributed by atoms with E-state index in [1.54, 1.807) is 11.3 Å². The van der Waals surface area contributed by atoms with Crippen molar-refractivity contribution in [1.29, 1.82) is 0 Å². The average Bonchev–Trinajstić information content (AvgIpc) is 3.24. The summed E-state index contributed by atoms with van der Waals surface area (Å²) in [6.45, 7) is 4.89. The number of carbonyl (C=O) groups is 1. The molecule has 0 unspecified atom stereocenters. The van der Waals surface area contributed by atoms with Gasteiger partial charge in [0.05, 0.1) is 24.6 Å². The summed E-state index contributed by atoms with van der Waals surface area (Å²) in [6, 6.07) is 11.3. The van der Waals surface area contributed by atoms with E-state index in [2.05, 4.69) is 10.3 Å². The van der Waals surface area contributed by atoms with Gasteiger partial charge in [-0.3, -0.25) is 4.79 Å². The number of aromatic nitrogens is 1. The largest absolute Gasteiger partial charge is 0.494 e. The summed E-state index contributed by atoms with van der Waals surface area (Å²) in [5.74, 6) is 2.19. The second-order valence-electron chi connectivity index (χ2n) is 5.55. The minimum atomic E-state index is -0.0494. The number of aryl methyl sites for hydroxylation is 1. The van der Waals surface area contributed by atoms with Crippen molar-refractivity contribution in [2.75, 3.05) is 6.61 Å². The Labute approximate surface area is 150 Å². The van der Waals surface area contributed by atoms with Crippen LogP contribution in [0.5, 0.6) is 5.75 Å². The highest BCUT2D eigenvalue weighted by molar-refractivity contribution is 7.09. The fraction of sp³-hybridized carbons (Fsp3) is 0.263. The van der Waals surface area contributed by atoms with Crippen molar-refractivity contribution in [2.24, 2.45) is 0 Å². The van der Waals surface area contributed by atoms with E-state index >= 15 is 0 Å². The summed E-state index contributed by atoms with van der Waals surface area (Å²) in [7, 11) is 0. The van der Waals surface area contributed by atoms with Gasteiger partial charge in [-0.2, -0.15) is 0 Å². The molecule has 6 heteroatoms. The SMILES string of the molecule is CCOc1ccc(CC(=O)NCc2ccc(-c3csc(C)n3)o2)cc1. The van der Waals surface area contributed by atoms with Gasteiger partial charge in [0.2, 0.25) is 5.91 Å². The first-order chi connectivity index (χ1) is 12.1. The zero-order valence-electron chi connectivity index (χ0n) is 14.2. The Hall–Kier alpha value is -2.60. The van der Waals surface area contributed by atoms with E-state index in [9.17, 15) is 4.79 Å². The summed E-state index contributed by atoms with van der Waals surface area (Å²) in [4.78, 5) is 16.5. The number of hydrogen-bond donors (Lipinski definition) is 1. The molecule has 0 fully saturated rings. The van der Waals surface area contributed by atoms with Gasteiger partial charge in [0.25, 0.3) is 0 Å². The van der Waals surface area contributed by atoms with E-state index in [4.69, 9.17) is 9.15 Å². The first-order valence-corrected chi connectivity index (χ1v) is 9.01. The Morgan fingerprint density at radius 3 is 2.72 bits per heavy atom. The van der Waals surface area contributed by atoms with Crippen molar-refractivity contribution in [3.8, 4) is 17.2 Å². The fourth-order valence-corrected chi connectivity index (χ4v) is 2.99. The van der Waals surface area contributed by atoms with E-state index in [1.807, 2.05) is 55.6 Å². The van der Waals surface area contributed by atoms with Crippen LogP contribution in [0.25, 0.3) is 11.5 Å². The predicted octanol–water partition coefficient (Wildman–Crippen LogP) is 3.97. The van der Waals surface area contributed by atoms with Crippen molar-refractivity contribution in [2.45, 2.75) is 26.8 Å². The zero-order valence-corrected chi connectivity index (χ0v) is 15.1. The van der Waals surface area contributed by atoms with Crippen LogP contribution in [0.15, 0.2) is 46.2 Å². The maximum absolute atomic E-state index is 12.1. The van der Waals surface area contributed by atoms with Gasteiger partial charge >= 0.3 is 0 Å². The molecule has 0 spiro atoms. The highest BCUT2D eigenvalue weighted by Crippen LogP contribution is 2.23. The summed E-state index contributed by atoms with van der Waals surface area (Å²) >= 11 is 1.58. The first-order valence-electron chi connectivity index (χ1n) is 8.13. The molecule has 0 saturated heterocycles. The maximum atomic E-state index is 12.1. The molecule has 0 saturated carbocycles. The Morgan fingerprint density at radius 2 is 2.04 bits per heavy atom. The molecule has 0 atom stereocenters. The molecule has 1 amide bonds. The van der Waals surface area contributed by atoms with Crippen LogP contribution in [0.1, 0.15) is 23.3 Å². The normalized spacial score (nSPS) is 10.6. The van der Waals surface area contributed by atoms with Crippen LogP contribution in [-0.2, 0) is 17.8 Å². The monoisotopic (exact) mass is 356 g/mol. The quantitative estimate of drug-likeness (QED) is 0.696. The van der Waals surface area contributed by atoms with Crippen LogP contribution in [0.3, 0.4) is 0 Å². The van der Waals surface area contributed by atoms with Crippen LogP contribution in [0, 0.1) is 6.92 Å². The second-order valence-corrected chi connectivity index (χ2v) is 6.61. The van der Waals surface area contributed by atoms with Gasteiger partial charge in [-0.25, -0.2) is 4.98 Å². The number of ether oxygens (including phenoxy) is 1. The first kappa shape index (κ1) is 17.2. The lowest BCUT2D eigenvalue weighted by molar-refractivity contribution is -0.120. The summed E-state index contributed by atoms with van der Waals surface area (Å²) in [5.41, 5.74) is 1.77. The lowest BCUT2D eigenvalue weighted by Gasteiger charge is -2.06. The number of nitrogens with one attached hydrogen (secondary N) is 1. The van der Waals surface area contributed by atoms with Crippen molar-refractivity contribution in [3.63, 3.8) is 0 Å². The third-order valence-corrected chi connectivity index (χ3v) is 4.37. The van der Waals surface area contributed by atoms with Crippen LogP contribution in [-0.4, -0.2) is 17.5 Å². The Bertz CT molecular complexity index is 836. The molecule has 0 aliphatic rings. The minimum absolute atomic E-state index is 0.0494. The lowest BCUT2D eigenvalue weighted by atomic mass is 10.1. The van der Waals surface area contributed by atoms with Gasteiger partial charge in [-0.05, 0) is 43.7 Å². The van der Waals surface area contributed by atoms with Crippen molar-refractivity contribution in [1.82, 2.24) is 10.3 Å². The molecule has 1 N–H and O–H groups in total. The predicted molar refractivity (Wildman–Crippen MR) is 97.7 cm³/mol. The molecular weight excluding hydrogens is 336 g/mol. The van der Waals surface area contributed by atoms with Gasteiger partial charge in [-0.15, -0.1) is 11.3 Å². The Balaban J connectivity index is 1.51. The van der Waals surface area contributed by atoms with Gasteiger partial charge in [0.15, 0.2) is 5.76 Å². The number of carbonyl (C=O) groups excluding carboxylic acids is 1. The molecule has 0 radical (unpaired) electrons. The molecule has 130 valence electrons. The van der Waals surface area contributed by atoms with E-state index in [-0.39, 0.29) is 5.91 Å². The molecular formula is C19H20N2O3S. The molecule has 2 heterocycles. The van der Waals surface area contributed by atoms with Gasteiger partial charge < -0.3 is 14.5 Å². The number of amides is 1. The number of nitrogens with zero attached hydrogens (tertiary/aromatic N) is 1. The summed E-state index contributed by atoms with van der Waals surface area (Å²) < 4.78 is 11.1. The fourth-order valence-electron chi connectivity index (χ4n) is 2.39. The maximum Gasteiger partial charge on any atom is 0.224 e. The highest BCUT2D eigenvalue weighted by atomic mass is 32.1. The van der Waals surface area contributed by atoms with Crippen LogP contribution in [0.2, 0.25) is 0 Å². The molecule has 25 heavy (non-hydrogen) atoms. The number of benzene rings is 1. The Kier molecular flexibility index (Phi) is 5.50. The van der Waals surface area contributed by atoms with Crippen LogP contribution < -0.4 is 10.1 Å². The minimum Gasteiger partial charge on any atom is -0.494 e. The van der Waals surface area contributed by atoms with Crippen molar-refractivity contribution >= 4 is 17.2 Å². The third kappa shape index (κ3) is 4.70. The van der Waals surface area contributed by atoms with E-state index < -0.39 is 0 Å². The van der Waals surface area contributed by atoms with Gasteiger partial charge in [0.1, 0.15) is 17.2 Å². The topological polar surface area (TPSA) is 64.4 Å². The average molecular weight is 356 g/mol. The molecule has 0 aliphatic heterocycles. The molecule has 0 bridgehead atoms. The lowest BCUT2D eigenvalue weighted by Crippen LogP contribution is -2.24. The zero-order chi connectivity index (χ0) is 17.6. The summed E-state index contributed by atoms with van der Waals surface area (Å²) in [5, 5.41) is 5.83. The number of hydrogen-bond acceptors (Lipinski definition) is 5. The Morgan fingerprint density at radius 1 is 1.24 bits per heavy atom. The number of thiazole rings is 1. The van der Waals surface area contributed by atoms with Crippen molar-refractivity contribution in [3.05, 3.63) is 58.1 Å². The highest BCUT2D eigenvalue weighted by Gasteiger charge is 2.09.